The fourth-order valence-corrected chi connectivity index (χ4v) is 1.71. The lowest BCUT2D eigenvalue weighted by molar-refractivity contribution is 0.580. The standard InChI is InChI=1S/C11H16N2/c1-8-3-2-6-13-11(8)10(12)7-9-4-5-9/h2-3,6,9-10H,4-5,7,12H2,1H3. The minimum Gasteiger partial charge on any atom is -0.323 e. The van der Waals surface area contributed by atoms with E-state index in [1.807, 2.05) is 12.3 Å². The number of nitrogens with zero attached hydrogens (tertiary/aromatic N) is 1. The second kappa shape index (κ2) is 3.46. The number of aryl methyl sites for hydroxylation is 1. The number of rotatable bonds is 3. The Bertz CT molecular complexity index is 292. The van der Waals surface area contributed by atoms with E-state index >= 15 is 0 Å². The topological polar surface area (TPSA) is 38.9 Å². The molecule has 0 radical (unpaired) electrons. The minimum absolute atomic E-state index is 0.147. The molecule has 2 N–H and O–H groups in total. The lowest BCUT2D eigenvalue weighted by atomic mass is 10.0. The van der Waals surface area contributed by atoms with Crippen LogP contribution in [-0.2, 0) is 0 Å². The summed E-state index contributed by atoms with van der Waals surface area (Å²) in [5.74, 6) is 0.872. The third-order valence-electron chi connectivity index (χ3n) is 2.69. The summed E-state index contributed by atoms with van der Waals surface area (Å²) in [6.45, 7) is 2.08. The molecule has 0 bridgehead atoms. The van der Waals surface area contributed by atoms with Gasteiger partial charge in [-0.2, -0.15) is 0 Å². The molecule has 1 aliphatic rings. The molecule has 0 saturated heterocycles. The van der Waals surface area contributed by atoms with Crippen molar-refractivity contribution in [1.82, 2.24) is 4.98 Å². The first-order valence-electron chi connectivity index (χ1n) is 4.94. The summed E-state index contributed by atoms with van der Waals surface area (Å²) in [6.07, 6.45) is 5.66. The molecule has 1 aromatic heterocycles. The SMILES string of the molecule is Cc1cccnc1C(N)CC1CC1. The van der Waals surface area contributed by atoms with E-state index in [4.69, 9.17) is 5.73 Å². The van der Waals surface area contributed by atoms with Crippen molar-refractivity contribution in [2.24, 2.45) is 11.7 Å². The zero-order valence-electron chi connectivity index (χ0n) is 8.03. The molecule has 1 fully saturated rings. The van der Waals surface area contributed by atoms with Crippen molar-refractivity contribution in [3.63, 3.8) is 0 Å². The van der Waals surface area contributed by atoms with Gasteiger partial charge in [-0.1, -0.05) is 18.9 Å². The highest BCUT2D eigenvalue weighted by Gasteiger charge is 2.25. The molecule has 70 valence electrons. The Morgan fingerprint density at radius 1 is 1.62 bits per heavy atom. The molecular weight excluding hydrogens is 160 g/mol. The number of nitrogens with two attached hydrogens (primary N) is 1. The van der Waals surface area contributed by atoms with Gasteiger partial charge in [0.2, 0.25) is 0 Å². The molecule has 1 atom stereocenters. The van der Waals surface area contributed by atoms with Crippen LogP contribution in [0.2, 0.25) is 0 Å². The lowest BCUT2D eigenvalue weighted by Gasteiger charge is -2.12. The molecule has 1 aromatic rings. The first-order valence-corrected chi connectivity index (χ1v) is 4.94. The zero-order valence-corrected chi connectivity index (χ0v) is 8.03. The molecule has 2 nitrogen and oxygen atoms in total. The van der Waals surface area contributed by atoms with Gasteiger partial charge in [0.25, 0.3) is 0 Å². The van der Waals surface area contributed by atoms with E-state index in [9.17, 15) is 0 Å². The molecule has 2 rings (SSSR count). The highest BCUT2D eigenvalue weighted by molar-refractivity contribution is 5.20. The van der Waals surface area contributed by atoms with E-state index in [0.717, 1.165) is 18.0 Å². The van der Waals surface area contributed by atoms with Crippen molar-refractivity contribution in [1.29, 1.82) is 0 Å². The molecule has 0 spiro atoms. The zero-order chi connectivity index (χ0) is 9.26. The van der Waals surface area contributed by atoms with Crippen LogP contribution in [0.5, 0.6) is 0 Å². The van der Waals surface area contributed by atoms with Crippen LogP contribution in [0.1, 0.15) is 36.6 Å². The molecule has 0 aromatic carbocycles. The third-order valence-corrected chi connectivity index (χ3v) is 2.69. The minimum atomic E-state index is 0.147. The molecular formula is C11H16N2. The normalized spacial score (nSPS) is 18.6. The quantitative estimate of drug-likeness (QED) is 0.766. The Morgan fingerprint density at radius 3 is 3.00 bits per heavy atom. The molecule has 0 amide bonds. The molecule has 13 heavy (non-hydrogen) atoms. The van der Waals surface area contributed by atoms with Gasteiger partial charge in [0.05, 0.1) is 5.69 Å². The molecule has 0 aliphatic heterocycles. The Balaban J connectivity index is 2.09. The average Bonchev–Trinajstić information content (AvgIpc) is 2.89. The van der Waals surface area contributed by atoms with Crippen LogP contribution in [0.3, 0.4) is 0 Å². The van der Waals surface area contributed by atoms with E-state index < -0.39 is 0 Å². The molecule has 1 heterocycles. The summed E-state index contributed by atoms with van der Waals surface area (Å²) < 4.78 is 0. The Labute approximate surface area is 79.2 Å². The van der Waals surface area contributed by atoms with Gasteiger partial charge in [-0.3, -0.25) is 4.98 Å². The number of aromatic nitrogens is 1. The van der Waals surface area contributed by atoms with Crippen molar-refractivity contribution >= 4 is 0 Å². The Morgan fingerprint density at radius 2 is 2.38 bits per heavy atom. The number of hydrogen-bond donors (Lipinski definition) is 1. The van der Waals surface area contributed by atoms with Gasteiger partial charge in [0.1, 0.15) is 0 Å². The van der Waals surface area contributed by atoms with Gasteiger partial charge in [-0.05, 0) is 30.9 Å². The van der Waals surface area contributed by atoms with E-state index in [2.05, 4.69) is 18.0 Å². The van der Waals surface area contributed by atoms with Crippen molar-refractivity contribution in [3.8, 4) is 0 Å². The second-order valence-corrected chi connectivity index (χ2v) is 3.99. The highest BCUT2D eigenvalue weighted by Crippen LogP contribution is 2.36. The van der Waals surface area contributed by atoms with Crippen LogP contribution in [0.25, 0.3) is 0 Å². The van der Waals surface area contributed by atoms with Gasteiger partial charge in [0, 0.05) is 12.2 Å². The van der Waals surface area contributed by atoms with Gasteiger partial charge < -0.3 is 5.73 Å². The van der Waals surface area contributed by atoms with Crippen molar-refractivity contribution in [2.75, 3.05) is 0 Å². The maximum Gasteiger partial charge on any atom is 0.0600 e. The van der Waals surface area contributed by atoms with E-state index in [1.165, 1.54) is 18.4 Å². The van der Waals surface area contributed by atoms with E-state index in [0.29, 0.717) is 0 Å². The first-order chi connectivity index (χ1) is 6.27. The predicted octanol–water partition coefficient (Wildman–Crippen LogP) is 2.19. The average molecular weight is 176 g/mol. The fourth-order valence-electron chi connectivity index (χ4n) is 1.71. The van der Waals surface area contributed by atoms with Crippen LogP contribution >= 0.6 is 0 Å². The second-order valence-electron chi connectivity index (χ2n) is 3.99. The van der Waals surface area contributed by atoms with Crippen LogP contribution < -0.4 is 5.73 Å². The maximum atomic E-state index is 6.07. The van der Waals surface area contributed by atoms with Crippen LogP contribution in [0.4, 0.5) is 0 Å². The fraction of sp³-hybridized carbons (Fsp3) is 0.545. The molecule has 1 unspecified atom stereocenters. The summed E-state index contributed by atoms with van der Waals surface area (Å²) in [5.41, 5.74) is 8.37. The van der Waals surface area contributed by atoms with E-state index in [-0.39, 0.29) is 6.04 Å². The van der Waals surface area contributed by atoms with Gasteiger partial charge in [-0.25, -0.2) is 0 Å². The Hall–Kier alpha value is -0.890. The summed E-state index contributed by atoms with van der Waals surface area (Å²) in [7, 11) is 0. The maximum absolute atomic E-state index is 6.07. The monoisotopic (exact) mass is 176 g/mol. The highest BCUT2D eigenvalue weighted by atomic mass is 14.8. The van der Waals surface area contributed by atoms with Crippen LogP contribution in [0, 0.1) is 12.8 Å². The van der Waals surface area contributed by atoms with Crippen LogP contribution in [-0.4, -0.2) is 4.98 Å². The van der Waals surface area contributed by atoms with Crippen LogP contribution in [0.15, 0.2) is 18.3 Å². The van der Waals surface area contributed by atoms with Gasteiger partial charge in [-0.15, -0.1) is 0 Å². The van der Waals surface area contributed by atoms with Crippen molar-refractivity contribution in [2.45, 2.75) is 32.2 Å². The smallest absolute Gasteiger partial charge is 0.0600 e. The Kier molecular flexibility index (Phi) is 2.32. The predicted molar refractivity (Wildman–Crippen MR) is 53.2 cm³/mol. The summed E-state index contributed by atoms with van der Waals surface area (Å²) in [5, 5.41) is 0. The van der Waals surface area contributed by atoms with Gasteiger partial charge in [0.15, 0.2) is 0 Å². The largest absolute Gasteiger partial charge is 0.323 e. The lowest BCUT2D eigenvalue weighted by Crippen LogP contribution is -2.14. The first kappa shape index (κ1) is 8.70. The van der Waals surface area contributed by atoms with Gasteiger partial charge >= 0.3 is 0 Å². The third kappa shape index (κ3) is 2.07. The molecule has 1 saturated carbocycles. The number of hydrogen-bond acceptors (Lipinski definition) is 2. The molecule has 1 aliphatic carbocycles. The van der Waals surface area contributed by atoms with Crippen molar-refractivity contribution < 1.29 is 0 Å². The van der Waals surface area contributed by atoms with Crippen molar-refractivity contribution in [3.05, 3.63) is 29.6 Å². The summed E-state index contributed by atoms with van der Waals surface area (Å²) in [4.78, 5) is 4.33. The summed E-state index contributed by atoms with van der Waals surface area (Å²) in [6, 6.07) is 4.19. The molecule has 2 heteroatoms. The number of pyridine rings is 1. The summed E-state index contributed by atoms with van der Waals surface area (Å²) >= 11 is 0. The van der Waals surface area contributed by atoms with E-state index in [1.54, 1.807) is 0 Å².